The van der Waals surface area contributed by atoms with Gasteiger partial charge in [-0.05, 0) is 30.7 Å². The fourth-order valence-electron chi connectivity index (χ4n) is 2.21. The van der Waals surface area contributed by atoms with Crippen molar-refractivity contribution < 1.29 is 19.1 Å². The lowest BCUT2D eigenvalue weighted by Gasteiger charge is -2.34. The van der Waals surface area contributed by atoms with E-state index in [0.29, 0.717) is 23.5 Å². The number of amides is 2. The molecule has 0 saturated carbocycles. The molecular weight excluding hydrogens is 295 g/mol. The van der Waals surface area contributed by atoms with Crippen molar-refractivity contribution in [3.63, 3.8) is 0 Å². The second kappa shape index (κ2) is 6.80. The van der Waals surface area contributed by atoms with Crippen molar-refractivity contribution in [3.05, 3.63) is 29.6 Å². The third-order valence-electron chi connectivity index (χ3n) is 3.31. The highest BCUT2D eigenvalue weighted by Gasteiger charge is 2.28. The number of urea groups is 1. The van der Waals surface area contributed by atoms with E-state index in [4.69, 9.17) is 5.11 Å². The fourth-order valence-corrected chi connectivity index (χ4v) is 3.27. The number of carboxylic acids is 1. The van der Waals surface area contributed by atoms with Gasteiger partial charge < -0.3 is 15.3 Å². The highest BCUT2D eigenvalue weighted by molar-refractivity contribution is 7.99. The average molecular weight is 312 g/mol. The summed E-state index contributed by atoms with van der Waals surface area (Å²) >= 11 is 1.64. The van der Waals surface area contributed by atoms with Crippen molar-refractivity contribution in [3.8, 4) is 0 Å². The number of halogens is 1. The SMILES string of the molecule is Cc1cc(NC(=O)N2CCSCC2CC(=O)O)ccc1F. The largest absolute Gasteiger partial charge is 0.481 e. The summed E-state index contributed by atoms with van der Waals surface area (Å²) < 4.78 is 13.2. The zero-order valence-corrected chi connectivity index (χ0v) is 12.5. The number of aliphatic carboxylic acids is 1. The molecule has 0 spiro atoms. The lowest BCUT2D eigenvalue weighted by atomic mass is 10.2. The molecule has 1 aromatic rings. The molecule has 5 nitrogen and oxygen atoms in total. The van der Waals surface area contributed by atoms with Crippen LogP contribution in [0.25, 0.3) is 0 Å². The summed E-state index contributed by atoms with van der Waals surface area (Å²) in [5.41, 5.74) is 0.954. The summed E-state index contributed by atoms with van der Waals surface area (Å²) in [6.45, 7) is 2.13. The zero-order valence-electron chi connectivity index (χ0n) is 11.6. The van der Waals surface area contributed by atoms with E-state index < -0.39 is 5.97 Å². The number of rotatable bonds is 3. The maximum Gasteiger partial charge on any atom is 0.322 e. The summed E-state index contributed by atoms with van der Waals surface area (Å²) in [5.74, 6) is 0.151. The van der Waals surface area contributed by atoms with Crippen molar-refractivity contribution in [2.45, 2.75) is 19.4 Å². The van der Waals surface area contributed by atoms with Crippen LogP contribution >= 0.6 is 11.8 Å². The minimum Gasteiger partial charge on any atom is -0.481 e. The molecule has 0 radical (unpaired) electrons. The number of anilines is 1. The number of benzene rings is 1. The lowest BCUT2D eigenvalue weighted by molar-refractivity contribution is -0.137. The number of aryl methyl sites for hydroxylation is 1. The molecule has 7 heteroatoms. The summed E-state index contributed by atoms with van der Waals surface area (Å²) in [4.78, 5) is 24.7. The molecule has 2 N–H and O–H groups in total. The number of nitrogens with one attached hydrogen (secondary N) is 1. The van der Waals surface area contributed by atoms with Crippen LogP contribution in [0, 0.1) is 12.7 Å². The molecule has 0 aromatic heterocycles. The van der Waals surface area contributed by atoms with Crippen LogP contribution in [0.3, 0.4) is 0 Å². The Morgan fingerprint density at radius 3 is 2.95 bits per heavy atom. The summed E-state index contributed by atoms with van der Waals surface area (Å²) in [6, 6.07) is 3.69. The van der Waals surface area contributed by atoms with Crippen molar-refractivity contribution in [1.29, 1.82) is 0 Å². The molecule has 1 saturated heterocycles. The van der Waals surface area contributed by atoms with Crippen molar-refractivity contribution in [2.75, 3.05) is 23.4 Å². The van der Waals surface area contributed by atoms with E-state index in [1.165, 1.54) is 12.1 Å². The van der Waals surface area contributed by atoms with Gasteiger partial charge in [-0.25, -0.2) is 9.18 Å². The molecule has 1 fully saturated rings. The Balaban J connectivity index is 2.06. The first kappa shape index (κ1) is 15.6. The highest BCUT2D eigenvalue weighted by Crippen LogP contribution is 2.21. The highest BCUT2D eigenvalue weighted by atomic mass is 32.2. The van der Waals surface area contributed by atoms with Gasteiger partial charge in [-0.2, -0.15) is 11.8 Å². The number of hydrogen-bond acceptors (Lipinski definition) is 3. The Kier molecular flexibility index (Phi) is 5.06. The number of hydrogen-bond donors (Lipinski definition) is 2. The van der Waals surface area contributed by atoms with Gasteiger partial charge in [0.25, 0.3) is 0 Å². The van der Waals surface area contributed by atoms with Gasteiger partial charge in [0.2, 0.25) is 0 Å². The van der Waals surface area contributed by atoms with Crippen LogP contribution < -0.4 is 5.32 Å². The first-order valence-electron chi connectivity index (χ1n) is 6.60. The summed E-state index contributed by atoms with van der Waals surface area (Å²) in [7, 11) is 0. The van der Waals surface area contributed by atoms with Crippen LogP contribution in [0.2, 0.25) is 0 Å². The van der Waals surface area contributed by atoms with E-state index in [-0.39, 0.29) is 24.3 Å². The Morgan fingerprint density at radius 1 is 1.52 bits per heavy atom. The quantitative estimate of drug-likeness (QED) is 0.900. The first-order chi connectivity index (χ1) is 9.97. The normalized spacial score (nSPS) is 18.4. The number of thioether (sulfide) groups is 1. The predicted molar refractivity (Wildman–Crippen MR) is 80.2 cm³/mol. The van der Waals surface area contributed by atoms with Gasteiger partial charge in [-0.1, -0.05) is 0 Å². The zero-order chi connectivity index (χ0) is 15.4. The molecule has 1 aliphatic heterocycles. The van der Waals surface area contributed by atoms with E-state index in [1.54, 1.807) is 29.7 Å². The monoisotopic (exact) mass is 312 g/mol. The molecule has 2 rings (SSSR count). The van der Waals surface area contributed by atoms with Crippen molar-refractivity contribution >= 4 is 29.4 Å². The van der Waals surface area contributed by atoms with E-state index in [9.17, 15) is 14.0 Å². The number of carbonyl (C=O) groups excluding carboxylic acids is 1. The minimum atomic E-state index is -0.919. The summed E-state index contributed by atoms with van der Waals surface area (Å²) in [5, 5.41) is 11.6. The lowest BCUT2D eigenvalue weighted by Crippen LogP contribution is -2.48. The second-order valence-corrected chi connectivity index (χ2v) is 6.06. The molecule has 1 unspecified atom stereocenters. The van der Waals surface area contributed by atoms with Crippen molar-refractivity contribution in [2.24, 2.45) is 0 Å². The van der Waals surface area contributed by atoms with E-state index in [0.717, 1.165) is 5.75 Å². The first-order valence-corrected chi connectivity index (χ1v) is 7.76. The third-order valence-corrected chi connectivity index (χ3v) is 4.40. The van der Waals surface area contributed by atoms with Gasteiger partial charge in [0, 0.05) is 23.7 Å². The van der Waals surface area contributed by atoms with Crippen molar-refractivity contribution in [1.82, 2.24) is 4.90 Å². The van der Waals surface area contributed by atoms with Crippen LogP contribution in [-0.2, 0) is 4.79 Å². The number of carboxylic acid groups (broad SMARTS) is 1. The topological polar surface area (TPSA) is 69.6 Å². The van der Waals surface area contributed by atoms with Crippen LogP contribution in [0.5, 0.6) is 0 Å². The minimum absolute atomic E-state index is 0.0666. The molecule has 1 heterocycles. The Hall–Kier alpha value is -1.76. The van der Waals surface area contributed by atoms with Gasteiger partial charge in [-0.15, -0.1) is 0 Å². The second-order valence-electron chi connectivity index (χ2n) is 4.91. The molecule has 1 aliphatic rings. The molecule has 1 atom stereocenters. The third kappa shape index (κ3) is 4.10. The van der Waals surface area contributed by atoms with E-state index in [1.807, 2.05) is 0 Å². The Morgan fingerprint density at radius 2 is 2.29 bits per heavy atom. The van der Waals surface area contributed by atoms with Gasteiger partial charge in [0.1, 0.15) is 5.82 Å². The van der Waals surface area contributed by atoms with Crippen LogP contribution in [0.4, 0.5) is 14.9 Å². The molecule has 21 heavy (non-hydrogen) atoms. The van der Waals surface area contributed by atoms with Gasteiger partial charge in [0.15, 0.2) is 0 Å². The maximum atomic E-state index is 13.2. The molecule has 2 amide bonds. The van der Waals surface area contributed by atoms with Gasteiger partial charge in [-0.3, -0.25) is 4.79 Å². The number of carbonyl (C=O) groups is 2. The number of nitrogens with zero attached hydrogens (tertiary/aromatic N) is 1. The predicted octanol–water partition coefficient (Wildman–Crippen LogP) is 2.56. The molecule has 0 bridgehead atoms. The summed E-state index contributed by atoms with van der Waals surface area (Å²) in [6.07, 6.45) is -0.0666. The smallest absolute Gasteiger partial charge is 0.322 e. The molecular formula is C14H17FN2O3S. The van der Waals surface area contributed by atoms with E-state index in [2.05, 4.69) is 5.32 Å². The van der Waals surface area contributed by atoms with Gasteiger partial charge in [0.05, 0.1) is 12.5 Å². The van der Waals surface area contributed by atoms with Gasteiger partial charge >= 0.3 is 12.0 Å². The molecule has 0 aliphatic carbocycles. The standard InChI is InChI=1S/C14H17FN2O3S/c1-9-6-10(2-3-12(9)15)16-14(20)17-4-5-21-8-11(17)7-13(18)19/h2-3,6,11H,4-5,7-8H2,1H3,(H,16,20)(H,18,19). The van der Waals surface area contributed by atoms with Crippen LogP contribution in [0.15, 0.2) is 18.2 Å². The van der Waals surface area contributed by atoms with E-state index >= 15 is 0 Å². The fraction of sp³-hybridized carbons (Fsp3) is 0.429. The van der Waals surface area contributed by atoms with Crippen LogP contribution in [-0.4, -0.2) is 46.1 Å². The molecule has 114 valence electrons. The maximum absolute atomic E-state index is 13.2. The molecule has 1 aromatic carbocycles. The average Bonchev–Trinajstić information content (AvgIpc) is 2.43. The van der Waals surface area contributed by atoms with Crippen LogP contribution in [0.1, 0.15) is 12.0 Å². The Bertz CT molecular complexity index is 553. The Labute approximate surface area is 126 Å².